The predicted molar refractivity (Wildman–Crippen MR) is 48.2 cm³/mol. The van der Waals surface area contributed by atoms with Crippen molar-refractivity contribution in [3.05, 3.63) is 18.0 Å². The molecule has 1 aromatic heterocycles. The zero-order chi connectivity index (χ0) is 9.10. The molecule has 1 aliphatic heterocycles. The van der Waals surface area contributed by atoms with E-state index >= 15 is 0 Å². The lowest BCUT2D eigenvalue weighted by Gasteiger charge is -2.22. The fourth-order valence-electron chi connectivity index (χ4n) is 1.72. The Morgan fingerprint density at radius 2 is 2.31 bits per heavy atom. The summed E-state index contributed by atoms with van der Waals surface area (Å²) >= 11 is 0. The first-order chi connectivity index (χ1) is 6.40. The number of nitrogens with one attached hydrogen (secondary N) is 1. The first-order valence-corrected chi connectivity index (χ1v) is 4.70. The van der Waals surface area contributed by atoms with E-state index in [1.165, 1.54) is 0 Å². The third-order valence-corrected chi connectivity index (χ3v) is 2.49. The van der Waals surface area contributed by atoms with Gasteiger partial charge in [0.25, 0.3) is 0 Å². The molecule has 1 aromatic rings. The van der Waals surface area contributed by atoms with Crippen LogP contribution in [0, 0.1) is 0 Å². The SMILES string of the molecule is FCc1cnn(C2CCNCC2)c1. The van der Waals surface area contributed by atoms with Gasteiger partial charge in [0.05, 0.1) is 12.2 Å². The molecule has 0 saturated carbocycles. The molecule has 13 heavy (non-hydrogen) atoms. The maximum absolute atomic E-state index is 12.2. The summed E-state index contributed by atoms with van der Waals surface area (Å²) in [7, 11) is 0. The molecule has 0 bridgehead atoms. The summed E-state index contributed by atoms with van der Waals surface area (Å²) in [6, 6.07) is 0.460. The first-order valence-electron chi connectivity index (χ1n) is 4.70. The highest BCUT2D eigenvalue weighted by molar-refractivity contribution is 5.02. The topological polar surface area (TPSA) is 29.9 Å². The zero-order valence-corrected chi connectivity index (χ0v) is 7.54. The minimum atomic E-state index is -0.412. The minimum absolute atomic E-state index is 0.412. The summed E-state index contributed by atoms with van der Waals surface area (Å²) in [5.74, 6) is 0. The highest BCUT2D eigenvalue weighted by atomic mass is 19.1. The molecule has 0 amide bonds. The molecule has 0 spiro atoms. The molecule has 3 nitrogen and oxygen atoms in total. The Labute approximate surface area is 76.9 Å². The summed E-state index contributed by atoms with van der Waals surface area (Å²) < 4.78 is 14.1. The third kappa shape index (κ3) is 1.88. The lowest BCUT2D eigenvalue weighted by molar-refractivity contribution is 0.342. The van der Waals surface area contributed by atoms with Crippen LogP contribution in [0.5, 0.6) is 0 Å². The number of nitrogens with zero attached hydrogens (tertiary/aromatic N) is 2. The van der Waals surface area contributed by atoms with Crippen LogP contribution in [0.3, 0.4) is 0 Å². The minimum Gasteiger partial charge on any atom is -0.317 e. The van der Waals surface area contributed by atoms with Gasteiger partial charge in [0.2, 0.25) is 0 Å². The fourth-order valence-corrected chi connectivity index (χ4v) is 1.72. The smallest absolute Gasteiger partial charge is 0.118 e. The standard InChI is InChI=1S/C9H14FN3/c10-5-8-6-12-13(7-8)9-1-3-11-4-2-9/h6-7,9,11H,1-5H2. The molecule has 4 heteroatoms. The van der Waals surface area contributed by atoms with Gasteiger partial charge in [-0.1, -0.05) is 0 Å². The molecular weight excluding hydrogens is 169 g/mol. The van der Waals surface area contributed by atoms with E-state index in [-0.39, 0.29) is 0 Å². The van der Waals surface area contributed by atoms with Crippen LogP contribution < -0.4 is 5.32 Å². The van der Waals surface area contributed by atoms with Crippen molar-refractivity contribution in [1.29, 1.82) is 0 Å². The van der Waals surface area contributed by atoms with Gasteiger partial charge < -0.3 is 5.32 Å². The van der Waals surface area contributed by atoms with Crippen molar-refractivity contribution in [3.63, 3.8) is 0 Å². The van der Waals surface area contributed by atoms with Crippen molar-refractivity contribution in [2.75, 3.05) is 13.1 Å². The molecule has 0 aliphatic carbocycles. The Balaban J connectivity index is 2.05. The predicted octanol–water partition coefficient (Wildman–Crippen LogP) is 1.28. The Morgan fingerprint density at radius 1 is 1.54 bits per heavy atom. The molecule has 0 unspecified atom stereocenters. The number of piperidine rings is 1. The summed E-state index contributed by atoms with van der Waals surface area (Å²) in [4.78, 5) is 0. The Kier molecular flexibility index (Phi) is 2.59. The van der Waals surface area contributed by atoms with Crippen LogP contribution in [0.4, 0.5) is 4.39 Å². The lowest BCUT2D eigenvalue weighted by Crippen LogP contribution is -2.29. The van der Waals surface area contributed by atoms with E-state index in [0.29, 0.717) is 11.6 Å². The van der Waals surface area contributed by atoms with Gasteiger partial charge in [0.15, 0.2) is 0 Å². The van der Waals surface area contributed by atoms with Crippen molar-refractivity contribution in [2.24, 2.45) is 0 Å². The molecule has 72 valence electrons. The first kappa shape index (κ1) is 8.69. The number of halogens is 1. The van der Waals surface area contributed by atoms with Gasteiger partial charge in [0.1, 0.15) is 6.67 Å². The van der Waals surface area contributed by atoms with Crippen molar-refractivity contribution in [2.45, 2.75) is 25.6 Å². The number of alkyl halides is 1. The van der Waals surface area contributed by atoms with Crippen LogP contribution in [0.25, 0.3) is 0 Å². The van der Waals surface area contributed by atoms with E-state index in [2.05, 4.69) is 10.4 Å². The summed E-state index contributed by atoms with van der Waals surface area (Å²) in [5, 5.41) is 7.45. The normalized spacial score (nSPS) is 19.2. The maximum atomic E-state index is 12.2. The van der Waals surface area contributed by atoms with Gasteiger partial charge in [-0.05, 0) is 25.9 Å². The molecule has 1 fully saturated rings. The molecule has 1 aliphatic rings. The summed E-state index contributed by atoms with van der Waals surface area (Å²) in [5.41, 5.74) is 0.679. The van der Waals surface area contributed by atoms with Crippen molar-refractivity contribution in [1.82, 2.24) is 15.1 Å². The quantitative estimate of drug-likeness (QED) is 0.748. The second kappa shape index (κ2) is 3.87. The van der Waals surface area contributed by atoms with E-state index < -0.39 is 6.67 Å². The van der Waals surface area contributed by atoms with Gasteiger partial charge in [-0.3, -0.25) is 4.68 Å². The van der Waals surface area contributed by atoms with Crippen LogP contribution in [0.1, 0.15) is 24.4 Å². The molecule has 0 aromatic carbocycles. The van der Waals surface area contributed by atoms with Crippen LogP contribution >= 0.6 is 0 Å². The lowest BCUT2D eigenvalue weighted by atomic mass is 10.1. The van der Waals surface area contributed by atoms with Crippen molar-refractivity contribution < 1.29 is 4.39 Å². The fraction of sp³-hybridized carbons (Fsp3) is 0.667. The Morgan fingerprint density at radius 3 is 2.92 bits per heavy atom. The van der Waals surface area contributed by atoms with Crippen LogP contribution in [-0.4, -0.2) is 22.9 Å². The van der Waals surface area contributed by atoms with Crippen molar-refractivity contribution in [3.8, 4) is 0 Å². The third-order valence-electron chi connectivity index (χ3n) is 2.49. The maximum Gasteiger partial charge on any atom is 0.118 e. The molecule has 0 radical (unpaired) electrons. The van der Waals surface area contributed by atoms with E-state index in [4.69, 9.17) is 0 Å². The van der Waals surface area contributed by atoms with Gasteiger partial charge in [-0.2, -0.15) is 5.10 Å². The number of hydrogen-bond acceptors (Lipinski definition) is 2. The molecular formula is C9H14FN3. The van der Waals surface area contributed by atoms with Crippen molar-refractivity contribution >= 4 is 0 Å². The van der Waals surface area contributed by atoms with E-state index in [1.54, 1.807) is 6.20 Å². The largest absolute Gasteiger partial charge is 0.317 e. The highest BCUT2D eigenvalue weighted by Crippen LogP contribution is 2.17. The highest BCUT2D eigenvalue weighted by Gasteiger charge is 2.15. The van der Waals surface area contributed by atoms with E-state index in [9.17, 15) is 4.39 Å². The second-order valence-corrected chi connectivity index (χ2v) is 3.44. The average Bonchev–Trinajstić information content (AvgIpc) is 2.67. The van der Waals surface area contributed by atoms with Crippen LogP contribution in [0.2, 0.25) is 0 Å². The number of rotatable bonds is 2. The number of aromatic nitrogens is 2. The van der Waals surface area contributed by atoms with Crippen LogP contribution in [0.15, 0.2) is 12.4 Å². The monoisotopic (exact) mass is 183 g/mol. The molecule has 2 heterocycles. The van der Waals surface area contributed by atoms with Gasteiger partial charge >= 0.3 is 0 Å². The summed E-state index contributed by atoms with van der Waals surface area (Å²) in [6.07, 6.45) is 5.61. The Hall–Kier alpha value is -0.900. The van der Waals surface area contributed by atoms with Gasteiger partial charge in [-0.15, -0.1) is 0 Å². The molecule has 1 N–H and O–H groups in total. The van der Waals surface area contributed by atoms with Gasteiger partial charge in [0, 0.05) is 11.8 Å². The second-order valence-electron chi connectivity index (χ2n) is 3.44. The van der Waals surface area contributed by atoms with E-state index in [1.807, 2.05) is 10.9 Å². The zero-order valence-electron chi connectivity index (χ0n) is 7.54. The number of hydrogen-bond donors (Lipinski definition) is 1. The Bertz CT molecular complexity index is 266. The van der Waals surface area contributed by atoms with Gasteiger partial charge in [-0.25, -0.2) is 4.39 Å². The molecule has 1 saturated heterocycles. The average molecular weight is 183 g/mol. The van der Waals surface area contributed by atoms with Crippen LogP contribution in [-0.2, 0) is 6.67 Å². The summed E-state index contributed by atoms with van der Waals surface area (Å²) in [6.45, 7) is 1.66. The van der Waals surface area contributed by atoms with E-state index in [0.717, 1.165) is 25.9 Å². The molecule has 0 atom stereocenters. The molecule has 2 rings (SSSR count).